The number of methoxy groups -OCH3 is 1. The van der Waals surface area contributed by atoms with E-state index in [1.54, 1.807) is 24.3 Å². The van der Waals surface area contributed by atoms with Gasteiger partial charge in [-0.1, -0.05) is 77.8 Å². The lowest BCUT2D eigenvalue weighted by Gasteiger charge is -2.33. The van der Waals surface area contributed by atoms with E-state index in [4.69, 9.17) is 4.74 Å². The van der Waals surface area contributed by atoms with E-state index in [9.17, 15) is 18.0 Å². The van der Waals surface area contributed by atoms with Gasteiger partial charge in [0.15, 0.2) is 0 Å². The van der Waals surface area contributed by atoms with Gasteiger partial charge in [0.05, 0.1) is 19.1 Å². The molecule has 0 bridgehead atoms. The van der Waals surface area contributed by atoms with Crippen LogP contribution in [0.5, 0.6) is 5.75 Å². The standard InChI is InChI=1S/C30H36BrN3O5S/c1-4-5-17-32-30(36)28(19-23-11-7-6-8-12-23)33(21-24-13-9-14-25(31)18-24)29(35)22-34(40(3,37)38)26-15-10-16-27(20-26)39-2/h6-16,18,20,28H,4-5,17,19,21-22H2,1-3H3,(H,32,36)/t28-/m1/s1. The molecule has 2 amide bonds. The average Bonchev–Trinajstić information content (AvgIpc) is 2.93. The van der Waals surface area contributed by atoms with E-state index in [-0.39, 0.29) is 18.9 Å². The van der Waals surface area contributed by atoms with Crippen molar-refractivity contribution in [2.75, 3.05) is 30.8 Å². The quantitative estimate of drug-likeness (QED) is 0.259. The smallest absolute Gasteiger partial charge is 0.244 e. The molecule has 0 fully saturated rings. The number of unbranched alkanes of at least 4 members (excludes halogenated alkanes) is 1. The van der Waals surface area contributed by atoms with Crippen molar-refractivity contribution < 1.29 is 22.7 Å². The molecule has 0 unspecified atom stereocenters. The van der Waals surface area contributed by atoms with Crippen LogP contribution in [0.15, 0.2) is 83.3 Å². The topological polar surface area (TPSA) is 96.0 Å². The Kier molecular flexibility index (Phi) is 11.6. The van der Waals surface area contributed by atoms with Crippen LogP contribution in [0.4, 0.5) is 5.69 Å². The Morgan fingerprint density at radius 1 is 0.975 bits per heavy atom. The molecule has 3 rings (SSSR count). The molecule has 0 saturated heterocycles. The summed E-state index contributed by atoms with van der Waals surface area (Å²) in [7, 11) is -2.37. The third-order valence-electron chi connectivity index (χ3n) is 6.36. The van der Waals surface area contributed by atoms with Crippen LogP contribution in [0, 0.1) is 0 Å². The van der Waals surface area contributed by atoms with Crippen LogP contribution in [0.25, 0.3) is 0 Å². The van der Waals surface area contributed by atoms with Gasteiger partial charge in [0.25, 0.3) is 0 Å². The van der Waals surface area contributed by atoms with Crippen LogP contribution < -0.4 is 14.4 Å². The van der Waals surface area contributed by atoms with Crippen molar-refractivity contribution in [1.82, 2.24) is 10.2 Å². The Morgan fingerprint density at radius 3 is 2.33 bits per heavy atom. The van der Waals surface area contributed by atoms with E-state index in [0.29, 0.717) is 18.0 Å². The molecule has 3 aromatic rings. The summed E-state index contributed by atoms with van der Waals surface area (Å²) in [5, 5.41) is 2.98. The third-order valence-corrected chi connectivity index (χ3v) is 8.00. The second-order valence-electron chi connectivity index (χ2n) is 9.47. The number of rotatable bonds is 14. The Balaban J connectivity index is 2.04. The molecular weight excluding hydrogens is 594 g/mol. The SMILES string of the molecule is CCCCNC(=O)[C@@H](Cc1ccccc1)N(Cc1cccc(Br)c1)C(=O)CN(c1cccc(OC)c1)S(C)(=O)=O. The number of nitrogens with one attached hydrogen (secondary N) is 1. The van der Waals surface area contributed by atoms with Crippen LogP contribution in [0.1, 0.15) is 30.9 Å². The van der Waals surface area contributed by atoms with Gasteiger partial charge in [-0.25, -0.2) is 8.42 Å². The predicted molar refractivity (Wildman–Crippen MR) is 162 cm³/mol. The van der Waals surface area contributed by atoms with Crippen molar-refractivity contribution in [2.45, 2.75) is 38.8 Å². The maximum Gasteiger partial charge on any atom is 0.244 e. The van der Waals surface area contributed by atoms with Gasteiger partial charge in [-0.2, -0.15) is 0 Å². The van der Waals surface area contributed by atoms with Gasteiger partial charge >= 0.3 is 0 Å². The maximum absolute atomic E-state index is 14.1. The first-order valence-electron chi connectivity index (χ1n) is 13.1. The zero-order chi connectivity index (χ0) is 29.1. The zero-order valence-corrected chi connectivity index (χ0v) is 25.4. The molecule has 1 N–H and O–H groups in total. The summed E-state index contributed by atoms with van der Waals surface area (Å²) in [6, 6.07) is 22.6. The number of sulfonamides is 1. The van der Waals surface area contributed by atoms with E-state index in [1.807, 2.05) is 61.5 Å². The third kappa shape index (κ3) is 9.09. The number of benzene rings is 3. The molecule has 0 aliphatic heterocycles. The van der Waals surface area contributed by atoms with E-state index in [2.05, 4.69) is 21.2 Å². The van der Waals surface area contributed by atoms with E-state index in [0.717, 1.165) is 39.0 Å². The minimum absolute atomic E-state index is 0.118. The Labute approximate surface area is 245 Å². The second kappa shape index (κ2) is 14.9. The fraction of sp³-hybridized carbons (Fsp3) is 0.333. The average molecular weight is 631 g/mol. The molecule has 0 aliphatic rings. The van der Waals surface area contributed by atoms with Gasteiger partial charge in [-0.15, -0.1) is 0 Å². The fourth-order valence-electron chi connectivity index (χ4n) is 4.27. The maximum atomic E-state index is 14.1. The number of ether oxygens (including phenoxy) is 1. The van der Waals surface area contributed by atoms with Crippen LogP contribution in [-0.2, 0) is 32.6 Å². The summed E-state index contributed by atoms with van der Waals surface area (Å²) in [6.07, 6.45) is 3.04. The number of carbonyl (C=O) groups excluding carboxylic acids is 2. The Bertz CT molecular complexity index is 1380. The first kappa shape index (κ1) is 31.2. The van der Waals surface area contributed by atoms with E-state index in [1.165, 1.54) is 12.0 Å². The predicted octanol–water partition coefficient (Wildman–Crippen LogP) is 4.78. The van der Waals surface area contributed by atoms with Crippen molar-refractivity contribution >= 4 is 43.5 Å². The Morgan fingerprint density at radius 2 is 1.68 bits per heavy atom. The highest BCUT2D eigenvalue weighted by Gasteiger charge is 2.33. The Hall–Kier alpha value is -3.37. The number of amides is 2. The number of anilines is 1. The lowest BCUT2D eigenvalue weighted by molar-refractivity contribution is -0.140. The van der Waals surface area contributed by atoms with Crippen molar-refractivity contribution in [2.24, 2.45) is 0 Å². The molecule has 0 aliphatic carbocycles. The minimum atomic E-state index is -3.85. The summed E-state index contributed by atoms with van der Waals surface area (Å²) in [5.74, 6) is -0.324. The lowest BCUT2D eigenvalue weighted by Crippen LogP contribution is -2.53. The summed E-state index contributed by atoms with van der Waals surface area (Å²) < 4.78 is 32.9. The monoisotopic (exact) mass is 629 g/mol. The summed E-state index contributed by atoms with van der Waals surface area (Å²) in [6.45, 7) is 2.16. The highest BCUT2D eigenvalue weighted by Crippen LogP contribution is 2.24. The first-order chi connectivity index (χ1) is 19.1. The number of nitrogens with zero attached hydrogens (tertiary/aromatic N) is 2. The van der Waals surface area contributed by atoms with Gasteiger partial charge in [-0.3, -0.25) is 13.9 Å². The van der Waals surface area contributed by atoms with Gasteiger partial charge in [0.2, 0.25) is 21.8 Å². The molecule has 40 heavy (non-hydrogen) atoms. The van der Waals surface area contributed by atoms with Crippen LogP contribution in [0.2, 0.25) is 0 Å². The second-order valence-corrected chi connectivity index (χ2v) is 12.3. The molecule has 3 aromatic carbocycles. The normalized spacial score (nSPS) is 11.9. The van der Waals surface area contributed by atoms with Crippen LogP contribution in [0.3, 0.4) is 0 Å². The number of hydrogen-bond acceptors (Lipinski definition) is 5. The largest absolute Gasteiger partial charge is 0.497 e. The number of halogens is 1. The molecule has 8 nitrogen and oxygen atoms in total. The molecule has 0 heterocycles. The molecule has 0 saturated carbocycles. The number of carbonyl (C=O) groups is 2. The van der Waals surface area contributed by atoms with Gasteiger partial charge in [0, 0.05) is 30.0 Å². The number of hydrogen-bond donors (Lipinski definition) is 1. The summed E-state index contributed by atoms with van der Waals surface area (Å²) in [4.78, 5) is 29.2. The van der Waals surface area contributed by atoms with Gasteiger partial charge in [0.1, 0.15) is 18.3 Å². The molecule has 0 radical (unpaired) electrons. The minimum Gasteiger partial charge on any atom is -0.497 e. The zero-order valence-electron chi connectivity index (χ0n) is 23.0. The van der Waals surface area contributed by atoms with Crippen LogP contribution >= 0.6 is 15.9 Å². The molecular formula is C30H36BrN3O5S. The van der Waals surface area contributed by atoms with Crippen molar-refractivity contribution in [3.05, 3.63) is 94.5 Å². The summed E-state index contributed by atoms with van der Waals surface area (Å²) in [5.41, 5.74) is 1.98. The summed E-state index contributed by atoms with van der Waals surface area (Å²) >= 11 is 3.48. The molecule has 214 valence electrons. The van der Waals surface area contributed by atoms with Crippen LogP contribution in [-0.4, -0.2) is 57.6 Å². The highest BCUT2D eigenvalue weighted by molar-refractivity contribution is 9.10. The van der Waals surface area contributed by atoms with E-state index < -0.39 is 28.5 Å². The lowest BCUT2D eigenvalue weighted by atomic mass is 10.0. The molecule has 0 aromatic heterocycles. The van der Waals surface area contributed by atoms with E-state index >= 15 is 0 Å². The molecule has 1 atom stereocenters. The van der Waals surface area contributed by atoms with Gasteiger partial charge < -0.3 is 15.0 Å². The molecule has 10 heteroatoms. The van der Waals surface area contributed by atoms with Crippen molar-refractivity contribution in [3.63, 3.8) is 0 Å². The van der Waals surface area contributed by atoms with Crippen molar-refractivity contribution in [3.8, 4) is 5.75 Å². The molecule has 0 spiro atoms. The first-order valence-corrected chi connectivity index (χ1v) is 15.7. The van der Waals surface area contributed by atoms with Crippen molar-refractivity contribution in [1.29, 1.82) is 0 Å². The fourth-order valence-corrected chi connectivity index (χ4v) is 5.56. The highest BCUT2D eigenvalue weighted by atomic mass is 79.9. The van der Waals surface area contributed by atoms with Gasteiger partial charge in [-0.05, 0) is 41.8 Å².